The molecule has 0 bridgehead atoms. The summed E-state index contributed by atoms with van der Waals surface area (Å²) in [5.74, 6) is -1.02. The number of hydrogen-bond acceptors (Lipinski definition) is 5. The van der Waals surface area contributed by atoms with E-state index in [9.17, 15) is 32.3 Å². The molecule has 0 amide bonds. The Hall–Kier alpha value is -5.39. The van der Waals surface area contributed by atoms with Crippen molar-refractivity contribution in [2.45, 2.75) is 26.1 Å². The summed E-state index contributed by atoms with van der Waals surface area (Å²) in [6, 6.07) is 22.1. The highest BCUT2D eigenvalue weighted by Gasteiger charge is 2.30. The molecule has 0 fully saturated rings. The molecule has 5 aromatic rings. The first-order valence-corrected chi connectivity index (χ1v) is 13.5. The van der Waals surface area contributed by atoms with Gasteiger partial charge >= 0.3 is 17.8 Å². The number of aromatic nitrogens is 3. The monoisotopic (exact) mass is 606 g/mol. The summed E-state index contributed by atoms with van der Waals surface area (Å²) in [7, 11) is 0. The predicted octanol–water partition coefficient (Wildman–Crippen LogP) is 6.49. The summed E-state index contributed by atoms with van der Waals surface area (Å²) in [5, 5.41) is 16.8. The van der Waals surface area contributed by atoms with Gasteiger partial charge in [0.25, 0.3) is 0 Å². The van der Waals surface area contributed by atoms with Crippen LogP contribution in [0.2, 0.25) is 0 Å². The first kappa shape index (κ1) is 30.1. The van der Waals surface area contributed by atoms with Crippen LogP contribution < -0.4 is 15.7 Å². The molecule has 4 aromatic carbocycles. The Labute approximate surface area is 248 Å². The fourth-order valence-electron chi connectivity index (χ4n) is 4.68. The van der Waals surface area contributed by atoms with Crippen LogP contribution in [0.1, 0.15) is 23.9 Å². The number of nitrogens with one attached hydrogen (secondary N) is 1. The van der Waals surface area contributed by atoms with Gasteiger partial charge in [0.2, 0.25) is 0 Å². The van der Waals surface area contributed by atoms with Crippen molar-refractivity contribution in [1.29, 1.82) is 0 Å². The fraction of sp³-hybridized carbons (Fsp3) is 0.156. The largest absolute Gasteiger partial charge is 0.494 e. The number of para-hydroxylation sites is 1. The second-order valence-electron chi connectivity index (χ2n) is 9.70. The van der Waals surface area contributed by atoms with Crippen molar-refractivity contribution in [3.8, 4) is 28.3 Å². The van der Waals surface area contributed by atoms with E-state index < -0.39 is 29.2 Å². The van der Waals surface area contributed by atoms with Gasteiger partial charge in [-0.1, -0.05) is 30.3 Å². The molecule has 1 aromatic heterocycles. The standard InChI is InChI=1S/C32H26F4N4O4/c1-2-44-28-16-9-21(17-22(28)18-30(41)42)20-7-12-24(13-8-20)37-19-29-38-40(25-14-10-23(11-15-25)32(34,35)36)31(43)39(29)27-6-4-3-5-26(27)33/h3-17,37H,2,18-19H2,1H3,(H,41,42). The van der Waals surface area contributed by atoms with E-state index in [0.29, 0.717) is 23.6 Å². The van der Waals surface area contributed by atoms with Gasteiger partial charge in [0.05, 0.1) is 36.5 Å². The van der Waals surface area contributed by atoms with E-state index in [1.165, 1.54) is 18.2 Å². The lowest BCUT2D eigenvalue weighted by Crippen LogP contribution is -2.24. The molecule has 0 radical (unpaired) electrons. The van der Waals surface area contributed by atoms with Crippen molar-refractivity contribution in [2.75, 3.05) is 11.9 Å². The number of halogens is 4. The van der Waals surface area contributed by atoms with Crippen LogP contribution in [-0.2, 0) is 23.9 Å². The van der Waals surface area contributed by atoms with E-state index in [1.807, 2.05) is 25.1 Å². The number of ether oxygens (including phenoxy) is 1. The summed E-state index contributed by atoms with van der Waals surface area (Å²) in [6.07, 6.45) is -4.74. The van der Waals surface area contributed by atoms with Crippen molar-refractivity contribution >= 4 is 11.7 Å². The molecule has 0 unspecified atom stereocenters. The summed E-state index contributed by atoms with van der Waals surface area (Å²) in [4.78, 5) is 24.7. The highest BCUT2D eigenvalue weighted by molar-refractivity contribution is 5.74. The number of carboxylic acids is 1. The van der Waals surface area contributed by atoms with E-state index in [1.54, 1.807) is 30.3 Å². The van der Waals surface area contributed by atoms with E-state index in [2.05, 4.69) is 10.4 Å². The van der Waals surface area contributed by atoms with E-state index in [4.69, 9.17) is 4.74 Å². The summed E-state index contributed by atoms with van der Waals surface area (Å²) >= 11 is 0. The minimum Gasteiger partial charge on any atom is -0.494 e. The van der Waals surface area contributed by atoms with Gasteiger partial charge in [0, 0.05) is 11.3 Å². The second-order valence-corrected chi connectivity index (χ2v) is 9.70. The first-order chi connectivity index (χ1) is 21.0. The maximum atomic E-state index is 14.8. The molecule has 2 N–H and O–H groups in total. The summed E-state index contributed by atoms with van der Waals surface area (Å²) in [5.41, 5.74) is 1.19. The van der Waals surface area contributed by atoms with Gasteiger partial charge in [-0.15, -0.1) is 5.10 Å². The summed E-state index contributed by atoms with van der Waals surface area (Å²) in [6.45, 7) is 2.20. The minimum atomic E-state index is -4.55. The van der Waals surface area contributed by atoms with Gasteiger partial charge in [-0.25, -0.2) is 13.8 Å². The third kappa shape index (κ3) is 6.48. The third-order valence-electron chi connectivity index (χ3n) is 6.75. The Morgan fingerprint density at radius 1 is 0.955 bits per heavy atom. The van der Waals surface area contributed by atoms with E-state index in [-0.39, 0.29) is 30.2 Å². The number of alkyl halides is 3. The molecule has 0 aliphatic heterocycles. The zero-order chi connectivity index (χ0) is 31.4. The fourth-order valence-corrected chi connectivity index (χ4v) is 4.68. The molecule has 0 aliphatic rings. The molecule has 44 heavy (non-hydrogen) atoms. The van der Waals surface area contributed by atoms with E-state index >= 15 is 0 Å². The highest BCUT2D eigenvalue weighted by atomic mass is 19.4. The van der Waals surface area contributed by atoms with Gasteiger partial charge in [0.1, 0.15) is 11.6 Å². The molecule has 0 saturated heterocycles. The molecule has 0 atom stereocenters. The molecule has 1 heterocycles. The number of benzene rings is 4. The van der Waals surface area contributed by atoms with Crippen LogP contribution in [0, 0.1) is 5.82 Å². The quantitative estimate of drug-likeness (QED) is 0.177. The van der Waals surface area contributed by atoms with Crippen LogP contribution in [0.15, 0.2) is 95.8 Å². The van der Waals surface area contributed by atoms with Crippen molar-refractivity contribution in [1.82, 2.24) is 14.3 Å². The molecule has 0 aliphatic carbocycles. The van der Waals surface area contributed by atoms with Crippen LogP contribution in [0.3, 0.4) is 0 Å². The summed E-state index contributed by atoms with van der Waals surface area (Å²) < 4.78 is 61.5. The molecule has 0 saturated carbocycles. The molecular formula is C32H26F4N4O4. The average Bonchev–Trinajstić information content (AvgIpc) is 3.32. The van der Waals surface area contributed by atoms with Crippen LogP contribution in [0.5, 0.6) is 5.75 Å². The van der Waals surface area contributed by atoms with E-state index in [0.717, 1.165) is 44.6 Å². The Balaban J connectivity index is 1.43. The maximum absolute atomic E-state index is 14.8. The number of rotatable bonds is 10. The van der Waals surface area contributed by atoms with Gasteiger partial charge < -0.3 is 15.2 Å². The number of anilines is 1. The Bertz CT molecular complexity index is 1850. The molecule has 0 spiro atoms. The minimum absolute atomic E-state index is 0.0254. The number of carboxylic acid groups (broad SMARTS) is 1. The second kappa shape index (κ2) is 12.5. The van der Waals surface area contributed by atoms with Crippen molar-refractivity contribution < 1.29 is 32.2 Å². The van der Waals surface area contributed by atoms with Crippen LogP contribution >= 0.6 is 0 Å². The predicted molar refractivity (Wildman–Crippen MR) is 156 cm³/mol. The zero-order valence-electron chi connectivity index (χ0n) is 23.3. The van der Waals surface area contributed by atoms with Crippen molar-refractivity contribution in [3.05, 3.63) is 124 Å². The lowest BCUT2D eigenvalue weighted by molar-refractivity contribution is -0.138. The average molecular weight is 607 g/mol. The van der Waals surface area contributed by atoms with Gasteiger partial charge in [-0.05, 0) is 78.7 Å². The smallest absolute Gasteiger partial charge is 0.416 e. The van der Waals surface area contributed by atoms with Crippen molar-refractivity contribution in [2.24, 2.45) is 0 Å². The SMILES string of the molecule is CCOc1ccc(-c2ccc(NCc3nn(-c4ccc(C(F)(F)F)cc4)c(=O)n3-c3ccccc3F)cc2)cc1CC(=O)O. The van der Waals surface area contributed by atoms with Crippen LogP contribution in [0.4, 0.5) is 23.2 Å². The van der Waals surface area contributed by atoms with Gasteiger partial charge in [0.15, 0.2) is 5.82 Å². The van der Waals surface area contributed by atoms with Gasteiger partial charge in [-0.3, -0.25) is 4.79 Å². The number of nitrogens with zero attached hydrogens (tertiary/aromatic N) is 3. The zero-order valence-corrected chi connectivity index (χ0v) is 23.3. The topological polar surface area (TPSA) is 98.4 Å². The van der Waals surface area contributed by atoms with Crippen LogP contribution in [-0.4, -0.2) is 32.0 Å². The Morgan fingerprint density at radius 3 is 2.27 bits per heavy atom. The maximum Gasteiger partial charge on any atom is 0.416 e. The molecular weight excluding hydrogens is 580 g/mol. The lowest BCUT2D eigenvalue weighted by atomic mass is 10.0. The van der Waals surface area contributed by atoms with Gasteiger partial charge in [-0.2, -0.15) is 17.9 Å². The van der Waals surface area contributed by atoms with Crippen LogP contribution in [0.25, 0.3) is 22.5 Å². The number of aliphatic carboxylic acids is 1. The number of carbonyl (C=O) groups is 1. The first-order valence-electron chi connectivity index (χ1n) is 13.5. The molecule has 12 heteroatoms. The molecule has 226 valence electrons. The van der Waals surface area contributed by atoms with Crippen molar-refractivity contribution in [3.63, 3.8) is 0 Å². The molecule has 8 nitrogen and oxygen atoms in total. The lowest BCUT2D eigenvalue weighted by Gasteiger charge is -2.12. The Morgan fingerprint density at radius 2 is 1.64 bits per heavy atom. The molecule has 5 rings (SSSR count). The Kier molecular flexibility index (Phi) is 8.52. The third-order valence-corrected chi connectivity index (χ3v) is 6.75. The number of hydrogen-bond donors (Lipinski definition) is 2. The highest BCUT2D eigenvalue weighted by Crippen LogP contribution is 2.30. The normalized spacial score (nSPS) is 11.4.